The number of amides is 3. The van der Waals surface area contributed by atoms with Crippen molar-refractivity contribution in [1.82, 2.24) is 20.9 Å². The summed E-state index contributed by atoms with van der Waals surface area (Å²) in [5.41, 5.74) is 13.3. The van der Waals surface area contributed by atoms with E-state index in [4.69, 9.17) is 11.5 Å². The fourth-order valence-electron chi connectivity index (χ4n) is 6.85. The van der Waals surface area contributed by atoms with Crippen LogP contribution in [-0.4, -0.2) is 92.0 Å². The topological polar surface area (TPSA) is 198 Å². The molecule has 4 atom stereocenters. The third kappa shape index (κ3) is 3.34. The van der Waals surface area contributed by atoms with Crippen LogP contribution in [0.15, 0.2) is 23.2 Å². The summed E-state index contributed by atoms with van der Waals surface area (Å²) in [5.74, 6) is -3.61. The van der Waals surface area contributed by atoms with Crippen molar-refractivity contribution in [3.05, 3.63) is 34.9 Å². The normalized spacial score (nSPS) is 32.4. The van der Waals surface area contributed by atoms with Crippen molar-refractivity contribution >= 4 is 29.6 Å². The van der Waals surface area contributed by atoms with Crippen LogP contribution in [0, 0.1) is 5.41 Å². The zero-order valence-electron chi connectivity index (χ0n) is 21.3. The van der Waals surface area contributed by atoms with Crippen molar-refractivity contribution in [2.24, 2.45) is 21.9 Å². The van der Waals surface area contributed by atoms with Crippen LogP contribution in [0.3, 0.4) is 0 Å². The first-order chi connectivity index (χ1) is 17.8. The summed E-state index contributed by atoms with van der Waals surface area (Å²) in [5, 5.41) is 32.1. The summed E-state index contributed by atoms with van der Waals surface area (Å²) < 4.78 is 1.49. The molecule has 0 saturated carbocycles. The predicted octanol–water partition coefficient (Wildman–Crippen LogP) is -2.96. The molecule has 1 aliphatic carbocycles. The minimum absolute atomic E-state index is 0.0292. The Morgan fingerprint density at radius 3 is 2.63 bits per heavy atom. The SMILES string of the molecule is CC1(C)Cc2cccc(C(=O)NC3C[N+]4=C(N)N[C@@H](CN5C(=O)CCC5=O)[C@@H]5N=C(N)N[C@@]54C3(O)O)c2C1. The number of imide groups is 1. The van der Waals surface area contributed by atoms with Crippen LogP contribution >= 0.6 is 0 Å². The Balaban J connectivity index is 1.31. The molecule has 6 rings (SSSR count). The molecule has 2 saturated heterocycles. The summed E-state index contributed by atoms with van der Waals surface area (Å²) in [7, 11) is 0. The third-order valence-corrected chi connectivity index (χ3v) is 8.55. The van der Waals surface area contributed by atoms with E-state index in [-0.39, 0.29) is 55.1 Å². The van der Waals surface area contributed by atoms with Gasteiger partial charge in [0.05, 0.1) is 13.1 Å². The van der Waals surface area contributed by atoms with E-state index in [1.165, 1.54) is 4.58 Å². The summed E-state index contributed by atoms with van der Waals surface area (Å²) >= 11 is 0. The van der Waals surface area contributed by atoms with Crippen LogP contribution in [0.5, 0.6) is 0 Å². The molecule has 4 heterocycles. The molecule has 13 nitrogen and oxygen atoms in total. The van der Waals surface area contributed by atoms with Gasteiger partial charge in [0.1, 0.15) is 18.1 Å². The van der Waals surface area contributed by atoms with Crippen LogP contribution in [0.2, 0.25) is 0 Å². The maximum absolute atomic E-state index is 13.5. The van der Waals surface area contributed by atoms with Gasteiger partial charge in [0.15, 0.2) is 5.96 Å². The highest BCUT2D eigenvalue weighted by molar-refractivity contribution is 6.02. The molecule has 1 aromatic rings. The number of hydrogen-bond donors (Lipinski definition) is 7. The molecular weight excluding hydrogens is 492 g/mol. The van der Waals surface area contributed by atoms with Crippen molar-refractivity contribution in [3.63, 3.8) is 0 Å². The number of fused-ring (bicyclic) bond motifs is 1. The van der Waals surface area contributed by atoms with Crippen LogP contribution in [-0.2, 0) is 22.4 Å². The average molecular weight is 526 g/mol. The number of aliphatic hydroxyl groups is 2. The number of carbonyl (C=O) groups is 3. The van der Waals surface area contributed by atoms with Gasteiger partial charge < -0.3 is 26.6 Å². The first-order valence-corrected chi connectivity index (χ1v) is 12.8. The molecule has 5 aliphatic rings. The molecule has 9 N–H and O–H groups in total. The number of aliphatic imine (C=N–C) groups is 1. The standard InChI is InChI=1S/C25H32N8O5/c1-23(2)8-12-4-3-5-13(14(12)9-23)20(36)29-16-11-33-22(27)28-15(10-32-17(34)6-7-18(32)35)19-24(33,25(16,37)38)31-21(26)30-19/h3-5,15-16,19,37-38H,6-11H2,1-2H3,(H6,26,27,28,29,30,31,36)/p+1/t15-,16?,19-,24-/m0/s1. The Morgan fingerprint density at radius 2 is 1.92 bits per heavy atom. The maximum atomic E-state index is 13.5. The Morgan fingerprint density at radius 1 is 1.21 bits per heavy atom. The molecule has 0 bridgehead atoms. The second kappa shape index (κ2) is 7.90. The number of carbonyl (C=O) groups excluding carboxylic acids is 3. The Kier molecular flexibility index (Phi) is 5.12. The number of nitrogens with zero attached hydrogens (tertiary/aromatic N) is 3. The van der Waals surface area contributed by atoms with Crippen molar-refractivity contribution in [2.45, 2.75) is 69.1 Å². The highest BCUT2D eigenvalue weighted by Gasteiger charge is 2.75. The van der Waals surface area contributed by atoms with Gasteiger partial charge in [-0.2, -0.15) is 0 Å². The molecule has 2 fully saturated rings. The number of hydrogen-bond acceptors (Lipinski definition) is 10. The molecule has 0 radical (unpaired) electrons. The molecular formula is C25H33N8O5+. The molecule has 1 unspecified atom stereocenters. The second-order valence-electron chi connectivity index (χ2n) is 11.7. The van der Waals surface area contributed by atoms with Crippen LogP contribution in [0.25, 0.3) is 0 Å². The Labute approximate surface area is 218 Å². The highest BCUT2D eigenvalue weighted by Crippen LogP contribution is 2.42. The lowest BCUT2D eigenvalue weighted by molar-refractivity contribution is -0.623. The average Bonchev–Trinajstić information content (AvgIpc) is 3.52. The molecule has 4 aliphatic heterocycles. The van der Waals surface area contributed by atoms with Crippen LogP contribution in [0.1, 0.15) is 48.2 Å². The Bertz CT molecular complexity index is 1320. The molecule has 38 heavy (non-hydrogen) atoms. The summed E-state index contributed by atoms with van der Waals surface area (Å²) in [6, 6.07) is 2.72. The van der Waals surface area contributed by atoms with Gasteiger partial charge in [-0.25, -0.2) is 9.57 Å². The van der Waals surface area contributed by atoms with E-state index < -0.39 is 35.5 Å². The maximum Gasteiger partial charge on any atom is 0.346 e. The van der Waals surface area contributed by atoms with Crippen LogP contribution in [0.4, 0.5) is 0 Å². The fourth-order valence-corrected chi connectivity index (χ4v) is 6.85. The first-order valence-electron chi connectivity index (χ1n) is 12.8. The minimum atomic E-state index is -2.58. The summed E-state index contributed by atoms with van der Waals surface area (Å²) in [6.07, 6.45) is 1.84. The van der Waals surface area contributed by atoms with Crippen molar-refractivity contribution in [2.75, 3.05) is 13.1 Å². The lowest BCUT2D eigenvalue weighted by Crippen LogP contribution is -2.79. The van der Waals surface area contributed by atoms with E-state index >= 15 is 0 Å². The van der Waals surface area contributed by atoms with Gasteiger partial charge in [-0.05, 0) is 35.4 Å². The highest BCUT2D eigenvalue weighted by atomic mass is 16.5. The minimum Gasteiger partial charge on any atom is -0.370 e. The van der Waals surface area contributed by atoms with E-state index in [1.54, 1.807) is 6.07 Å². The van der Waals surface area contributed by atoms with Crippen LogP contribution < -0.4 is 27.4 Å². The number of guanidine groups is 2. The van der Waals surface area contributed by atoms with E-state index in [0.29, 0.717) is 5.56 Å². The van der Waals surface area contributed by atoms with E-state index in [9.17, 15) is 24.6 Å². The lowest BCUT2D eigenvalue weighted by Gasteiger charge is -2.44. The van der Waals surface area contributed by atoms with E-state index in [0.717, 1.165) is 28.9 Å². The predicted molar refractivity (Wildman–Crippen MR) is 135 cm³/mol. The van der Waals surface area contributed by atoms with Gasteiger partial charge in [-0.3, -0.25) is 30.3 Å². The second-order valence-corrected chi connectivity index (χ2v) is 11.7. The molecule has 13 heteroatoms. The van der Waals surface area contributed by atoms with Gasteiger partial charge in [-0.1, -0.05) is 26.0 Å². The smallest absolute Gasteiger partial charge is 0.346 e. The van der Waals surface area contributed by atoms with Gasteiger partial charge >= 0.3 is 5.96 Å². The van der Waals surface area contributed by atoms with Gasteiger partial charge in [0.2, 0.25) is 23.3 Å². The molecule has 202 valence electrons. The molecule has 0 aromatic heterocycles. The van der Waals surface area contributed by atoms with Crippen molar-refractivity contribution in [3.8, 4) is 0 Å². The number of nitrogens with one attached hydrogen (secondary N) is 3. The first kappa shape index (κ1) is 24.6. The van der Waals surface area contributed by atoms with Gasteiger partial charge in [-0.15, -0.1) is 0 Å². The largest absolute Gasteiger partial charge is 0.370 e. The number of likely N-dealkylation sites (tertiary alicyclic amines) is 1. The zero-order chi connectivity index (χ0) is 27.2. The number of benzene rings is 1. The quantitative estimate of drug-likeness (QED) is 0.122. The monoisotopic (exact) mass is 525 g/mol. The zero-order valence-corrected chi connectivity index (χ0v) is 21.3. The number of nitrogens with two attached hydrogens (primary N) is 2. The lowest BCUT2D eigenvalue weighted by atomic mass is 9.85. The van der Waals surface area contributed by atoms with Gasteiger partial charge in [0.25, 0.3) is 5.91 Å². The molecule has 3 amide bonds. The fraction of sp³-hybridized carbons (Fsp3) is 0.560. The molecule has 1 spiro atoms. The Hall–Kier alpha value is -3.71. The third-order valence-electron chi connectivity index (χ3n) is 8.55. The number of rotatable bonds is 4. The van der Waals surface area contributed by atoms with Crippen molar-refractivity contribution < 1.29 is 29.2 Å². The van der Waals surface area contributed by atoms with Crippen molar-refractivity contribution in [1.29, 1.82) is 0 Å². The summed E-state index contributed by atoms with van der Waals surface area (Å²) in [4.78, 5) is 43.6. The van der Waals surface area contributed by atoms with E-state index in [1.807, 2.05) is 12.1 Å². The van der Waals surface area contributed by atoms with Gasteiger partial charge in [0, 0.05) is 18.4 Å². The van der Waals surface area contributed by atoms with E-state index in [2.05, 4.69) is 34.8 Å². The summed E-state index contributed by atoms with van der Waals surface area (Å²) in [6.45, 7) is 4.17. The molecule has 1 aromatic carbocycles.